The molecule has 0 fully saturated rings. The topological polar surface area (TPSA) is 86.2 Å². The van der Waals surface area contributed by atoms with Crippen molar-refractivity contribution in [3.05, 3.63) is 51.9 Å². The van der Waals surface area contributed by atoms with Gasteiger partial charge in [0.2, 0.25) is 0 Å². The molecule has 0 N–H and O–H groups in total. The molecule has 0 aliphatic heterocycles. The standard InChI is InChI=1S/C14H10BrClN2O4S/c15-12-6-5-11(21-12)14-17-13(18-22-14)7-8-23(19,20)10-3-1-9(16)2-4-10/h1-6H,7-8H2. The van der Waals surface area contributed by atoms with Crippen LogP contribution in [0.15, 0.2) is 54.9 Å². The Balaban J connectivity index is 1.71. The number of rotatable bonds is 5. The molecule has 0 unspecified atom stereocenters. The molecule has 0 aliphatic rings. The minimum absolute atomic E-state index is 0.130. The number of furan rings is 1. The van der Waals surface area contributed by atoms with Crippen molar-refractivity contribution in [2.24, 2.45) is 0 Å². The molecule has 0 saturated heterocycles. The molecule has 2 aromatic heterocycles. The van der Waals surface area contributed by atoms with E-state index in [1.165, 1.54) is 24.3 Å². The Hall–Kier alpha value is -1.64. The Morgan fingerprint density at radius 2 is 1.87 bits per heavy atom. The van der Waals surface area contributed by atoms with Crippen molar-refractivity contribution in [1.29, 1.82) is 0 Å². The van der Waals surface area contributed by atoms with Crippen molar-refractivity contribution in [2.45, 2.75) is 11.3 Å². The SMILES string of the molecule is O=S(=O)(CCc1noc(-c2ccc(Br)o2)n1)c1ccc(Cl)cc1. The average molecular weight is 418 g/mol. The molecule has 0 saturated carbocycles. The van der Waals surface area contributed by atoms with Crippen molar-refractivity contribution in [3.63, 3.8) is 0 Å². The molecular weight excluding hydrogens is 408 g/mol. The molecule has 2 heterocycles. The van der Waals surface area contributed by atoms with E-state index >= 15 is 0 Å². The summed E-state index contributed by atoms with van der Waals surface area (Å²) in [6.07, 6.45) is 0.135. The molecule has 1 aromatic carbocycles. The number of aryl methyl sites for hydroxylation is 1. The summed E-state index contributed by atoms with van der Waals surface area (Å²) < 4.78 is 35.4. The van der Waals surface area contributed by atoms with E-state index in [0.29, 0.717) is 21.3 Å². The predicted molar refractivity (Wildman–Crippen MR) is 86.9 cm³/mol. The Kier molecular flexibility index (Phi) is 4.56. The minimum Gasteiger partial charge on any atom is -0.444 e. The Morgan fingerprint density at radius 3 is 2.52 bits per heavy atom. The van der Waals surface area contributed by atoms with Gasteiger partial charge in [-0.25, -0.2) is 8.42 Å². The zero-order valence-electron chi connectivity index (χ0n) is 11.6. The third kappa shape index (κ3) is 3.82. The number of nitrogens with zero attached hydrogens (tertiary/aromatic N) is 2. The van der Waals surface area contributed by atoms with E-state index in [1.54, 1.807) is 12.1 Å². The fourth-order valence-corrected chi connectivity index (χ4v) is 3.54. The van der Waals surface area contributed by atoms with Gasteiger partial charge in [0.05, 0.1) is 10.6 Å². The van der Waals surface area contributed by atoms with E-state index in [2.05, 4.69) is 26.1 Å². The summed E-state index contributed by atoms with van der Waals surface area (Å²) in [6, 6.07) is 9.39. The number of benzene rings is 1. The van der Waals surface area contributed by atoms with Crippen LogP contribution in [0.3, 0.4) is 0 Å². The maximum absolute atomic E-state index is 12.2. The first-order valence-electron chi connectivity index (χ1n) is 6.51. The van der Waals surface area contributed by atoms with E-state index in [4.69, 9.17) is 20.5 Å². The van der Waals surface area contributed by atoms with Gasteiger partial charge in [0, 0.05) is 11.4 Å². The molecule has 3 aromatic rings. The van der Waals surface area contributed by atoms with Crippen molar-refractivity contribution >= 4 is 37.4 Å². The van der Waals surface area contributed by atoms with Gasteiger partial charge < -0.3 is 8.94 Å². The average Bonchev–Trinajstić information content (AvgIpc) is 3.14. The number of halogens is 2. The number of aromatic nitrogens is 2. The van der Waals surface area contributed by atoms with Crippen LogP contribution in [0.5, 0.6) is 0 Å². The van der Waals surface area contributed by atoms with Gasteiger partial charge in [-0.3, -0.25) is 0 Å². The molecule has 6 nitrogen and oxygen atoms in total. The van der Waals surface area contributed by atoms with Crippen LogP contribution in [0.2, 0.25) is 5.02 Å². The third-order valence-corrected chi connectivity index (χ3v) is 5.43. The molecular formula is C14H10BrClN2O4S. The van der Waals surface area contributed by atoms with Crippen molar-refractivity contribution < 1.29 is 17.4 Å². The van der Waals surface area contributed by atoms with Gasteiger partial charge in [0.1, 0.15) is 0 Å². The Morgan fingerprint density at radius 1 is 1.13 bits per heavy atom. The summed E-state index contributed by atoms with van der Waals surface area (Å²) in [7, 11) is -3.44. The zero-order chi connectivity index (χ0) is 16.4. The van der Waals surface area contributed by atoms with Crippen LogP contribution in [0, 0.1) is 0 Å². The Labute approximate surface area is 145 Å². The summed E-state index contributed by atoms with van der Waals surface area (Å²) in [5.41, 5.74) is 0. The van der Waals surface area contributed by atoms with Gasteiger partial charge in [-0.05, 0) is 52.3 Å². The van der Waals surface area contributed by atoms with Crippen LogP contribution >= 0.6 is 27.5 Å². The predicted octanol–water partition coefficient (Wildman–Crippen LogP) is 3.76. The fourth-order valence-electron chi connectivity index (χ4n) is 1.87. The summed E-state index contributed by atoms with van der Waals surface area (Å²) in [4.78, 5) is 4.34. The molecule has 23 heavy (non-hydrogen) atoms. The molecule has 3 rings (SSSR count). The van der Waals surface area contributed by atoms with Crippen molar-refractivity contribution in [3.8, 4) is 11.7 Å². The first-order valence-corrected chi connectivity index (χ1v) is 9.33. The highest BCUT2D eigenvalue weighted by Crippen LogP contribution is 2.23. The monoisotopic (exact) mass is 416 g/mol. The molecule has 0 aliphatic carbocycles. The molecule has 0 spiro atoms. The highest BCUT2D eigenvalue weighted by Gasteiger charge is 2.18. The van der Waals surface area contributed by atoms with E-state index in [1.807, 2.05) is 0 Å². The van der Waals surface area contributed by atoms with Crippen LogP contribution in [0.1, 0.15) is 5.82 Å². The summed E-state index contributed by atoms with van der Waals surface area (Å²) in [6.45, 7) is 0. The van der Waals surface area contributed by atoms with Gasteiger partial charge in [0.15, 0.2) is 26.1 Å². The summed E-state index contributed by atoms with van der Waals surface area (Å²) in [5.74, 6) is 0.783. The van der Waals surface area contributed by atoms with Crippen LogP contribution in [-0.4, -0.2) is 24.3 Å². The van der Waals surface area contributed by atoms with Crippen molar-refractivity contribution in [1.82, 2.24) is 10.1 Å². The molecule has 120 valence electrons. The zero-order valence-corrected chi connectivity index (χ0v) is 14.7. The van der Waals surface area contributed by atoms with Crippen LogP contribution in [0.25, 0.3) is 11.7 Å². The number of hydrogen-bond acceptors (Lipinski definition) is 6. The quantitative estimate of drug-likeness (QED) is 0.628. The number of sulfone groups is 1. The molecule has 0 radical (unpaired) electrons. The first-order chi connectivity index (χ1) is 10.9. The van der Waals surface area contributed by atoms with E-state index in [-0.39, 0.29) is 23.0 Å². The maximum Gasteiger partial charge on any atom is 0.293 e. The molecule has 0 amide bonds. The minimum atomic E-state index is -3.44. The van der Waals surface area contributed by atoms with Crippen LogP contribution in [-0.2, 0) is 16.3 Å². The van der Waals surface area contributed by atoms with Crippen LogP contribution < -0.4 is 0 Å². The second-order valence-electron chi connectivity index (χ2n) is 4.64. The highest BCUT2D eigenvalue weighted by atomic mass is 79.9. The third-order valence-electron chi connectivity index (χ3n) is 3.02. The first kappa shape index (κ1) is 16.2. The molecule has 9 heteroatoms. The lowest BCUT2D eigenvalue weighted by Crippen LogP contribution is -2.10. The van der Waals surface area contributed by atoms with Crippen LogP contribution in [0.4, 0.5) is 0 Å². The van der Waals surface area contributed by atoms with E-state index in [9.17, 15) is 8.42 Å². The van der Waals surface area contributed by atoms with E-state index < -0.39 is 9.84 Å². The maximum atomic E-state index is 12.2. The van der Waals surface area contributed by atoms with Gasteiger partial charge >= 0.3 is 0 Å². The normalized spacial score (nSPS) is 11.7. The van der Waals surface area contributed by atoms with E-state index in [0.717, 1.165) is 0 Å². The lowest BCUT2D eigenvalue weighted by molar-refractivity contribution is 0.407. The fraction of sp³-hybridized carbons (Fsp3) is 0.143. The largest absolute Gasteiger partial charge is 0.444 e. The summed E-state index contributed by atoms with van der Waals surface area (Å²) in [5, 5.41) is 4.25. The number of hydrogen-bond donors (Lipinski definition) is 0. The summed E-state index contributed by atoms with van der Waals surface area (Å²) >= 11 is 8.94. The van der Waals surface area contributed by atoms with Crippen molar-refractivity contribution in [2.75, 3.05) is 5.75 Å². The van der Waals surface area contributed by atoms with Gasteiger partial charge in [-0.2, -0.15) is 4.98 Å². The lowest BCUT2D eigenvalue weighted by Gasteiger charge is -2.02. The Bertz CT molecular complexity index is 918. The van der Waals surface area contributed by atoms with Gasteiger partial charge in [-0.1, -0.05) is 16.8 Å². The smallest absolute Gasteiger partial charge is 0.293 e. The molecule has 0 bridgehead atoms. The lowest BCUT2D eigenvalue weighted by atomic mass is 10.4. The van der Waals surface area contributed by atoms with Gasteiger partial charge in [0.25, 0.3) is 5.89 Å². The second-order valence-corrected chi connectivity index (χ2v) is 7.97. The second kappa shape index (κ2) is 6.46. The highest BCUT2D eigenvalue weighted by molar-refractivity contribution is 9.10. The van der Waals surface area contributed by atoms with Gasteiger partial charge in [-0.15, -0.1) is 0 Å². The molecule has 0 atom stereocenters.